The average Bonchev–Trinajstić information content (AvgIpc) is 2.68. The Labute approximate surface area is 158 Å². The molecule has 0 aliphatic carbocycles. The Hall–Kier alpha value is -3.35. The molecule has 2 aromatic rings. The van der Waals surface area contributed by atoms with Gasteiger partial charge in [-0.1, -0.05) is 6.92 Å². The van der Waals surface area contributed by atoms with Gasteiger partial charge in [0.05, 0.1) is 20.4 Å². The zero-order valence-corrected chi connectivity index (χ0v) is 15.6. The van der Waals surface area contributed by atoms with E-state index < -0.39 is 0 Å². The van der Waals surface area contributed by atoms with Gasteiger partial charge in [-0.05, 0) is 54.4 Å². The Morgan fingerprint density at radius 2 is 1.74 bits per heavy atom. The molecule has 0 heterocycles. The molecule has 0 atom stereocenters. The van der Waals surface area contributed by atoms with Crippen molar-refractivity contribution in [2.24, 2.45) is 5.10 Å². The molecule has 0 spiro atoms. The minimum absolute atomic E-state index is 0.0470. The Morgan fingerprint density at radius 3 is 2.37 bits per heavy atom. The van der Waals surface area contributed by atoms with Crippen molar-refractivity contribution in [1.29, 1.82) is 0 Å². The van der Waals surface area contributed by atoms with Crippen molar-refractivity contribution in [3.8, 4) is 11.5 Å². The molecule has 27 heavy (non-hydrogen) atoms. The molecule has 0 saturated heterocycles. The van der Waals surface area contributed by atoms with Crippen LogP contribution in [0.1, 0.15) is 35.7 Å². The molecule has 0 radical (unpaired) electrons. The summed E-state index contributed by atoms with van der Waals surface area (Å²) in [5, 5.41) is 6.72. The Bertz CT molecular complexity index is 816. The number of methoxy groups -OCH3 is 2. The van der Waals surface area contributed by atoms with Crippen molar-refractivity contribution >= 4 is 23.7 Å². The van der Waals surface area contributed by atoms with E-state index in [-0.39, 0.29) is 11.8 Å². The summed E-state index contributed by atoms with van der Waals surface area (Å²) in [5.74, 6) is 0.797. The first kappa shape index (κ1) is 20.0. The van der Waals surface area contributed by atoms with Crippen LogP contribution in [-0.2, 0) is 4.79 Å². The second-order valence-electron chi connectivity index (χ2n) is 5.69. The maximum Gasteiger partial charge on any atom is 0.271 e. The number of rotatable bonds is 8. The van der Waals surface area contributed by atoms with E-state index in [1.165, 1.54) is 6.21 Å². The summed E-state index contributed by atoms with van der Waals surface area (Å²) in [6, 6.07) is 11.9. The number of nitrogens with one attached hydrogen (secondary N) is 2. The quantitative estimate of drug-likeness (QED) is 0.552. The van der Waals surface area contributed by atoms with Crippen LogP contribution in [0.5, 0.6) is 11.5 Å². The summed E-state index contributed by atoms with van der Waals surface area (Å²) in [4.78, 5) is 23.7. The molecule has 0 aromatic heterocycles. The molecule has 2 N–H and O–H groups in total. The van der Waals surface area contributed by atoms with Gasteiger partial charge in [0, 0.05) is 17.7 Å². The number of anilines is 1. The maximum atomic E-state index is 12.1. The van der Waals surface area contributed by atoms with Crippen LogP contribution in [0.4, 0.5) is 5.69 Å². The van der Waals surface area contributed by atoms with Gasteiger partial charge in [-0.2, -0.15) is 5.10 Å². The smallest absolute Gasteiger partial charge is 0.271 e. The highest BCUT2D eigenvalue weighted by molar-refractivity contribution is 5.96. The second-order valence-corrected chi connectivity index (χ2v) is 5.69. The lowest BCUT2D eigenvalue weighted by Gasteiger charge is -2.07. The first-order valence-corrected chi connectivity index (χ1v) is 8.52. The lowest BCUT2D eigenvalue weighted by atomic mass is 10.2. The minimum atomic E-state index is -0.349. The summed E-state index contributed by atoms with van der Waals surface area (Å²) in [7, 11) is 3.11. The van der Waals surface area contributed by atoms with Crippen molar-refractivity contribution in [1.82, 2.24) is 5.43 Å². The van der Waals surface area contributed by atoms with Gasteiger partial charge in [0.25, 0.3) is 5.91 Å². The summed E-state index contributed by atoms with van der Waals surface area (Å²) in [5.41, 5.74) is 4.31. The fraction of sp³-hybridized carbons (Fsp3) is 0.250. The average molecular weight is 369 g/mol. The van der Waals surface area contributed by atoms with Crippen LogP contribution in [0.15, 0.2) is 47.6 Å². The number of nitrogens with zero attached hydrogens (tertiary/aromatic N) is 1. The van der Waals surface area contributed by atoms with E-state index in [4.69, 9.17) is 9.47 Å². The van der Waals surface area contributed by atoms with Gasteiger partial charge < -0.3 is 14.8 Å². The third kappa shape index (κ3) is 5.85. The van der Waals surface area contributed by atoms with Gasteiger partial charge in [-0.15, -0.1) is 0 Å². The summed E-state index contributed by atoms with van der Waals surface area (Å²) < 4.78 is 10.4. The van der Waals surface area contributed by atoms with Crippen LogP contribution >= 0.6 is 0 Å². The Morgan fingerprint density at radius 1 is 1.04 bits per heavy atom. The topological polar surface area (TPSA) is 89.0 Å². The maximum absolute atomic E-state index is 12.1. The summed E-state index contributed by atoms with van der Waals surface area (Å²) in [6.45, 7) is 1.94. The third-order valence-corrected chi connectivity index (χ3v) is 3.70. The van der Waals surface area contributed by atoms with Gasteiger partial charge in [-0.3, -0.25) is 9.59 Å². The van der Waals surface area contributed by atoms with Gasteiger partial charge in [0.2, 0.25) is 5.91 Å². The summed E-state index contributed by atoms with van der Waals surface area (Å²) in [6.07, 6.45) is 2.76. The van der Waals surface area contributed by atoms with Gasteiger partial charge >= 0.3 is 0 Å². The number of ether oxygens (including phenoxy) is 2. The number of benzene rings is 2. The van der Waals surface area contributed by atoms with Crippen molar-refractivity contribution < 1.29 is 19.1 Å². The number of amides is 2. The Balaban J connectivity index is 1.95. The molecule has 0 aliphatic rings. The molecule has 2 rings (SSSR count). The zero-order chi connectivity index (χ0) is 19.6. The number of hydrogen-bond acceptors (Lipinski definition) is 5. The standard InChI is InChI=1S/C20H23N3O4/c1-4-5-19(24)22-16-9-7-15(8-10-16)20(25)23-21-13-14-6-11-17(26-2)18(12-14)27-3/h6-13H,4-5H2,1-3H3,(H,22,24)(H,23,25). The summed E-state index contributed by atoms with van der Waals surface area (Å²) >= 11 is 0. The van der Waals surface area contributed by atoms with Crippen molar-refractivity contribution in [2.45, 2.75) is 19.8 Å². The van der Waals surface area contributed by atoms with Gasteiger partial charge in [0.1, 0.15) is 0 Å². The van der Waals surface area contributed by atoms with Crippen LogP contribution in [0.3, 0.4) is 0 Å². The van der Waals surface area contributed by atoms with Crippen LogP contribution in [0.25, 0.3) is 0 Å². The normalized spacial score (nSPS) is 10.5. The van der Waals surface area contributed by atoms with Crippen LogP contribution in [0, 0.1) is 0 Å². The number of hydrogen-bond donors (Lipinski definition) is 2. The van der Waals surface area contributed by atoms with Crippen LogP contribution in [0.2, 0.25) is 0 Å². The molecule has 0 bridgehead atoms. The molecular formula is C20H23N3O4. The van der Waals surface area contributed by atoms with Crippen molar-refractivity contribution in [2.75, 3.05) is 19.5 Å². The molecule has 7 nitrogen and oxygen atoms in total. The van der Waals surface area contributed by atoms with E-state index >= 15 is 0 Å². The van der Waals surface area contributed by atoms with E-state index in [0.29, 0.717) is 29.2 Å². The lowest BCUT2D eigenvalue weighted by Crippen LogP contribution is -2.17. The predicted octanol–water partition coefficient (Wildman–Crippen LogP) is 3.21. The molecule has 7 heteroatoms. The number of carbonyl (C=O) groups excluding carboxylic acids is 2. The van der Waals surface area contributed by atoms with E-state index in [1.54, 1.807) is 56.7 Å². The molecule has 142 valence electrons. The zero-order valence-electron chi connectivity index (χ0n) is 15.6. The highest BCUT2D eigenvalue weighted by atomic mass is 16.5. The minimum Gasteiger partial charge on any atom is -0.493 e. The molecule has 0 fully saturated rings. The molecule has 0 saturated carbocycles. The van der Waals surface area contributed by atoms with Gasteiger partial charge in [-0.25, -0.2) is 5.43 Å². The molecular weight excluding hydrogens is 346 g/mol. The highest BCUT2D eigenvalue weighted by Gasteiger charge is 2.06. The van der Waals surface area contributed by atoms with E-state index in [1.807, 2.05) is 6.92 Å². The number of hydrazone groups is 1. The second kappa shape index (κ2) is 9.96. The first-order valence-electron chi connectivity index (χ1n) is 8.52. The first-order chi connectivity index (χ1) is 13.1. The molecule has 2 aromatic carbocycles. The SMILES string of the molecule is CCCC(=O)Nc1ccc(C(=O)NN=Cc2ccc(OC)c(OC)c2)cc1. The molecule has 0 unspecified atom stereocenters. The monoisotopic (exact) mass is 369 g/mol. The number of carbonyl (C=O) groups is 2. The van der Waals surface area contributed by atoms with Crippen LogP contribution < -0.4 is 20.2 Å². The van der Waals surface area contributed by atoms with E-state index in [2.05, 4.69) is 15.8 Å². The molecule has 0 aliphatic heterocycles. The van der Waals surface area contributed by atoms with Gasteiger partial charge in [0.15, 0.2) is 11.5 Å². The van der Waals surface area contributed by atoms with Crippen molar-refractivity contribution in [3.05, 3.63) is 53.6 Å². The van der Waals surface area contributed by atoms with E-state index in [9.17, 15) is 9.59 Å². The third-order valence-electron chi connectivity index (χ3n) is 3.70. The van der Waals surface area contributed by atoms with Crippen LogP contribution in [-0.4, -0.2) is 32.2 Å². The lowest BCUT2D eigenvalue weighted by molar-refractivity contribution is -0.116. The van der Waals surface area contributed by atoms with E-state index in [0.717, 1.165) is 12.0 Å². The fourth-order valence-electron chi connectivity index (χ4n) is 2.32. The fourth-order valence-corrected chi connectivity index (χ4v) is 2.32. The Kier molecular flexibility index (Phi) is 7.37. The molecule has 2 amide bonds. The largest absolute Gasteiger partial charge is 0.493 e. The predicted molar refractivity (Wildman–Crippen MR) is 105 cm³/mol. The van der Waals surface area contributed by atoms with Crippen molar-refractivity contribution in [3.63, 3.8) is 0 Å². The highest BCUT2D eigenvalue weighted by Crippen LogP contribution is 2.26.